The molecule has 8 heteroatoms. The molecule has 2 fully saturated rings. The normalized spacial score (nSPS) is 23.6. The molecule has 0 aromatic carbocycles. The Labute approximate surface area is 250 Å². The molecule has 2 atom stereocenters. The maximum absolute atomic E-state index is 13.1. The zero-order chi connectivity index (χ0) is 31.0. The van der Waals surface area contributed by atoms with Crippen molar-refractivity contribution in [2.45, 2.75) is 174 Å². The lowest BCUT2D eigenvalue weighted by molar-refractivity contribution is -0.268. The summed E-state index contributed by atoms with van der Waals surface area (Å²) in [5.74, 6) is -1.75. The van der Waals surface area contributed by atoms with Crippen LogP contribution in [0.25, 0.3) is 0 Å². The molecule has 41 heavy (non-hydrogen) atoms. The SMILES string of the molecule is CCC(OC1(OCC(=O)OC2CC(C)(C)CNC(C)(C)C2)CCCCCC1)C(=O)OCCC(C)(C)NC(C)(C)CC. The van der Waals surface area contributed by atoms with Gasteiger partial charge in [-0.3, -0.25) is 0 Å². The van der Waals surface area contributed by atoms with Crippen LogP contribution in [0.3, 0.4) is 0 Å². The lowest BCUT2D eigenvalue weighted by Gasteiger charge is -2.37. The second-order valence-corrected chi connectivity index (χ2v) is 15.2. The Morgan fingerprint density at radius 1 is 0.951 bits per heavy atom. The van der Waals surface area contributed by atoms with Crippen LogP contribution in [-0.2, 0) is 28.5 Å². The molecule has 0 radical (unpaired) electrons. The van der Waals surface area contributed by atoms with E-state index in [9.17, 15) is 9.59 Å². The smallest absolute Gasteiger partial charge is 0.335 e. The summed E-state index contributed by atoms with van der Waals surface area (Å²) in [7, 11) is 0. The van der Waals surface area contributed by atoms with Gasteiger partial charge < -0.3 is 29.6 Å². The number of ether oxygens (including phenoxy) is 4. The van der Waals surface area contributed by atoms with Crippen LogP contribution in [0.15, 0.2) is 0 Å². The molecule has 2 N–H and O–H groups in total. The Bertz CT molecular complexity index is 812. The number of hydrogen-bond acceptors (Lipinski definition) is 8. The predicted molar refractivity (Wildman–Crippen MR) is 164 cm³/mol. The molecule has 0 amide bonds. The van der Waals surface area contributed by atoms with E-state index >= 15 is 0 Å². The van der Waals surface area contributed by atoms with Crippen molar-refractivity contribution in [1.29, 1.82) is 0 Å². The molecule has 0 aromatic heterocycles. The Hall–Kier alpha value is -1.22. The quantitative estimate of drug-likeness (QED) is 0.137. The Kier molecular flexibility index (Phi) is 13.1. The van der Waals surface area contributed by atoms with Crippen molar-refractivity contribution in [3.8, 4) is 0 Å². The van der Waals surface area contributed by atoms with Crippen molar-refractivity contribution in [2.24, 2.45) is 5.41 Å². The van der Waals surface area contributed by atoms with Crippen molar-refractivity contribution in [3.05, 3.63) is 0 Å². The maximum Gasteiger partial charge on any atom is 0.335 e. The Balaban J connectivity index is 2.00. The van der Waals surface area contributed by atoms with Gasteiger partial charge in [0, 0.05) is 42.4 Å². The van der Waals surface area contributed by atoms with Crippen molar-refractivity contribution in [1.82, 2.24) is 10.6 Å². The molecule has 1 saturated heterocycles. The third kappa shape index (κ3) is 12.9. The number of carbonyl (C=O) groups excluding carboxylic acids is 2. The number of rotatable bonds is 14. The number of hydrogen-bond donors (Lipinski definition) is 2. The highest BCUT2D eigenvalue weighted by Crippen LogP contribution is 2.35. The first-order valence-electron chi connectivity index (χ1n) is 16.1. The van der Waals surface area contributed by atoms with Gasteiger partial charge in [-0.25, -0.2) is 9.59 Å². The highest BCUT2D eigenvalue weighted by molar-refractivity contribution is 5.74. The van der Waals surface area contributed by atoms with Gasteiger partial charge >= 0.3 is 11.9 Å². The van der Waals surface area contributed by atoms with Crippen LogP contribution in [0.5, 0.6) is 0 Å². The monoisotopic (exact) mass is 582 g/mol. The largest absolute Gasteiger partial charge is 0.464 e. The molecule has 0 spiro atoms. The lowest BCUT2D eigenvalue weighted by Crippen LogP contribution is -2.52. The summed E-state index contributed by atoms with van der Waals surface area (Å²) in [6.07, 6.45) is 8.05. The van der Waals surface area contributed by atoms with Gasteiger partial charge in [0.15, 0.2) is 11.9 Å². The average molecular weight is 583 g/mol. The summed E-state index contributed by atoms with van der Waals surface area (Å²) in [5, 5.41) is 7.25. The summed E-state index contributed by atoms with van der Waals surface area (Å²) < 4.78 is 24.4. The third-order valence-electron chi connectivity index (χ3n) is 8.70. The lowest BCUT2D eigenvalue weighted by atomic mass is 9.86. The van der Waals surface area contributed by atoms with Gasteiger partial charge in [0.05, 0.1) is 6.61 Å². The predicted octanol–water partition coefficient (Wildman–Crippen LogP) is 6.44. The summed E-state index contributed by atoms with van der Waals surface area (Å²) >= 11 is 0. The van der Waals surface area contributed by atoms with Gasteiger partial charge in [0.25, 0.3) is 0 Å². The van der Waals surface area contributed by atoms with E-state index in [1.165, 1.54) is 0 Å². The van der Waals surface area contributed by atoms with E-state index in [0.717, 1.165) is 51.5 Å². The van der Waals surface area contributed by atoms with E-state index in [-0.39, 0.29) is 46.7 Å². The molecule has 1 heterocycles. The number of carbonyl (C=O) groups is 2. The van der Waals surface area contributed by atoms with Crippen LogP contribution in [0.1, 0.15) is 140 Å². The molecule has 2 aliphatic rings. The number of esters is 2. The average Bonchev–Trinajstić information content (AvgIpc) is 3.14. The zero-order valence-corrected chi connectivity index (χ0v) is 28.0. The molecule has 8 nitrogen and oxygen atoms in total. The molecule has 0 aromatic rings. The van der Waals surface area contributed by atoms with Crippen LogP contribution in [0, 0.1) is 5.41 Å². The van der Waals surface area contributed by atoms with Crippen molar-refractivity contribution >= 4 is 11.9 Å². The van der Waals surface area contributed by atoms with E-state index in [1.807, 2.05) is 6.92 Å². The zero-order valence-electron chi connectivity index (χ0n) is 28.0. The van der Waals surface area contributed by atoms with Crippen LogP contribution < -0.4 is 10.6 Å². The minimum Gasteiger partial charge on any atom is -0.464 e. The van der Waals surface area contributed by atoms with E-state index in [0.29, 0.717) is 32.3 Å². The maximum atomic E-state index is 13.1. The molecule has 1 aliphatic heterocycles. The molecule has 0 bridgehead atoms. The first kappa shape index (κ1) is 36.0. The highest BCUT2D eigenvalue weighted by Gasteiger charge is 2.40. The summed E-state index contributed by atoms with van der Waals surface area (Å²) in [5.41, 5.74) is -0.257. The highest BCUT2D eigenvalue weighted by atomic mass is 16.7. The van der Waals surface area contributed by atoms with Crippen LogP contribution in [0.4, 0.5) is 0 Å². The van der Waals surface area contributed by atoms with E-state index in [1.54, 1.807) is 0 Å². The Morgan fingerprint density at radius 2 is 1.59 bits per heavy atom. The second kappa shape index (κ2) is 15.0. The van der Waals surface area contributed by atoms with Gasteiger partial charge in [-0.15, -0.1) is 0 Å². The van der Waals surface area contributed by atoms with E-state index in [4.69, 9.17) is 18.9 Å². The summed E-state index contributed by atoms with van der Waals surface area (Å²) in [4.78, 5) is 26.2. The van der Waals surface area contributed by atoms with Crippen molar-refractivity contribution < 1.29 is 28.5 Å². The number of nitrogens with one attached hydrogen (secondary N) is 2. The van der Waals surface area contributed by atoms with Gasteiger partial charge in [-0.1, -0.05) is 40.5 Å². The van der Waals surface area contributed by atoms with Crippen LogP contribution >= 0.6 is 0 Å². The minimum absolute atomic E-state index is 0.00639. The van der Waals surface area contributed by atoms with Crippen LogP contribution in [-0.4, -0.2) is 66.3 Å². The molecule has 240 valence electrons. The molecule has 1 aliphatic carbocycles. The topological polar surface area (TPSA) is 95.1 Å². The second-order valence-electron chi connectivity index (χ2n) is 15.2. The molecular formula is C33H62N2O6. The standard InChI is InChI=1S/C33H62N2O6/c1-11-26(28(37)38-20-19-31(7,8)35-30(5,6)12-2)41-33(17-15-13-14-16-18-33)39-23-27(36)40-25-21-29(3,4)24-34-32(9,10)22-25/h25-26,34-35H,11-24H2,1-10H3. The fourth-order valence-corrected chi connectivity index (χ4v) is 6.06. The van der Waals surface area contributed by atoms with Crippen molar-refractivity contribution in [3.63, 3.8) is 0 Å². The van der Waals surface area contributed by atoms with Gasteiger partial charge in [0.2, 0.25) is 0 Å². The summed E-state index contributed by atoms with van der Waals surface area (Å²) in [6.45, 7) is 22.4. The van der Waals surface area contributed by atoms with Gasteiger partial charge in [-0.2, -0.15) is 0 Å². The molecular weight excluding hydrogens is 520 g/mol. The first-order chi connectivity index (χ1) is 18.9. The van der Waals surface area contributed by atoms with E-state index < -0.39 is 11.9 Å². The Morgan fingerprint density at radius 3 is 2.17 bits per heavy atom. The molecule has 2 unspecified atom stereocenters. The van der Waals surface area contributed by atoms with Crippen LogP contribution in [0.2, 0.25) is 0 Å². The fourth-order valence-electron chi connectivity index (χ4n) is 6.06. The minimum atomic E-state index is -0.995. The van der Waals surface area contributed by atoms with E-state index in [2.05, 4.69) is 72.9 Å². The molecule has 1 saturated carbocycles. The van der Waals surface area contributed by atoms with Gasteiger partial charge in [0.1, 0.15) is 12.7 Å². The first-order valence-corrected chi connectivity index (χ1v) is 16.1. The molecule has 2 rings (SSSR count). The third-order valence-corrected chi connectivity index (χ3v) is 8.70. The fraction of sp³-hybridized carbons (Fsp3) is 0.939. The van der Waals surface area contributed by atoms with Crippen molar-refractivity contribution in [2.75, 3.05) is 19.8 Å². The summed E-state index contributed by atoms with van der Waals surface area (Å²) in [6, 6.07) is 0. The van der Waals surface area contributed by atoms with Gasteiger partial charge in [-0.05, 0) is 85.5 Å².